The van der Waals surface area contributed by atoms with Gasteiger partial charge in [0.15, 0.2) is 5.71 Å². The number of nitrogens with zero attached hydrogens (tertiary/aromatic N) is 1. The van der Waals surface area contributed by atoms with Gasteiger partial charge in [0.1, 0.15) is 11.0 Å². The minimum atomic E-state index is -4.63. The van der Waals surface area contributed by atoms with Crippen molar-refractivity contribution in [2.24, 2.45) is 4.40 Å². The Balaban J connectivity index is 3.07. The minimum Gasteiger partial charge on any atom is -0.234 e. The van der Waals surface area contributed by atoms with Crippen LogP contribution in [-0.4, -0.2) is 20.8 Å². The van der Waals surface area contributed by atoms with Crippen LogP contribution >= 0.6 is 0 Å². The lowest BCUT2D eigenvalue weighted by Crippen LogP contribution is -2.26. The molecule has 1 rings (SSSR count). The number of hydrogen-bond donors (Lipinski definition) is 0. The zero-order chi connectivity index (χ0) is 15.4. The molecule has 0 aliphatic heterocycles. The quantitative estimate of drug-likeness (QED) is 0.771. The van der Waals surface area contributed by atoms with Crippen molar-refractivity contribution in [3.05, 3.63) is 42.0 Å². The lowest BCUT2D eigenvalue weighted by molar-refractivity contribution is -0.0574. The normalized spacial score (nSPS) is 15.6. The summed E-state index contributed by atoms with van der Waals surface area (Å²) >= 11 is 0. The minimum absolute atomic E-state index is 0.617. The standard InChI is InChI=1S/C14H16F3NOS/c1-13(2,3)20(19)18-12(14(15,16)17)10-9-11-7-5-4-6-8-11/h4-10H,1-3H3/b10-9+,18-12?/t20-/m0/s1. The van der Waals surface area contributed by atoms with Crippen LogP contribution in [-0.2, 0) is 11.0 Å². The molecule has 1 aromatic rings. The largest absolute Gasteiger partial charge is 0.434 e. The number of allylic oxidation sites excluding steroid dienone is 1. The third-order valence-electron chi connectivity index (χ3n) is 2.23. The van der Waals surface area contributed by atoms with Gasteiger partial charge in [-0.25, -0.2) is 4.21 Å². The highest BCUT2D eigenvalue weighted by Gasteiger charge is 2.35. The van der Waals surface area contributed by atoms with Crippen molar-refractivity contribution in [3.63, 3.8) is 0 Å². The van der Waals surface area contributed by atoms with Crippen LogP contribution < -0.4 is 0 Å². The van der Waals surface area contributed by atoms with Gasteiger partial charge in [0.05, 0.1) is 4.75 Å². The Labute approximate surface area is 119 Å². The summed E-state index contributed by atoms with van der Waals surface area (Å²) in [7, 11) is -1.96. The van der Waals surface area contributed by atoms with Crippen molar-refractivity contribution in [3.8, 4) is 0 Å². The van der Waals surface area contributed by atoms with Crippen molar-refractivity contribution < 1.29 is 17.4 Å². The maximum Gasteiger partial charge on any atom is 0.434 e. The lowest BCUT2D eigenvalue weighted by Gasteiger charge is -2.15. The van der Waals surface area contributed by atoms with Crippen LogP contribution in [0.3, 0.4) is 0 Å². The Hall–Kier alpha value is -1.43. The lowest BCUT2D eigenvalue weighted by atomic mass is 10.2. The molecule has 0 radical (unpaired) electrons. The van der Waals surface area contributed by atoms with Gasteiger partial charge in [0.25, 0.3) is 0 Å². The highest BCUT2D eigenvalue weighted by Crippen LogP contribution is 2.22. The van der Waals surface area contributed by atoms with E-state index in [2.05, 4.69) is 4.40 Å². The number of halogens is 3. The predicted molar refractivity (Wildman–Crippen MR) is 76.9 cm³/mol. The molecule has 0 unspecified atom stereocenters. The molecule has 1 aromatic carbocycles. The first-order valence-corrected chi connectivity index (χ1v) is 7.02. The highest BCUT2D eigenvalue weighted by molar-refractivity contribution is 7.85. The number of rotatable bonds is 3. The van der Waals surface area contributed by atoms with E-state index in [1.54, 1.807) is 51.1 Å². The van der Waals surface area contributed by atoms with Gasteiger partial charge in [0.2, 0.25) is 0 Å². The van der Waals surface area contributed by atoms with Gasteiger partial charge in [-0.15, -0.1) is 0 Å². The van der Waals surface area contributed by atoms with Gasteiger partial charge in [-0.05, 0) is 32.4 Å². The average Bonchev–Trinajstić information content (AvgIpc) is 2.32. The fourth-order valence-electron chi connectivity index (χ4n) is 1.14. The van der Waals surface area contributed by atoms with Crippen LogP contribution in [0.15, 0.2) is 40.8 Å². The number of benzene rings is 1. The molecule has 0 saturated carbocycles. The van der Waals surface area contributed by atoms with Gasteiger partial charge >= 0.3 is 6.18 Å². The van der Waals surface area contributed by atoms with Crippen molar-refractivity contribution in [2.45, 2.75) is 31.7 Å². The maximum absolute atomic E-state index is 12.9. The van der Waals surface area contributed by atoms with E-state index in [1.807, 2.05) is 0 Å². The van der Waals surface area contributed by atoms with Gasteiger partial charge in [0, 0.05) is 0 Å². The van der Waals surface area contributed by atoms with Crippen LogP contribution in [0, 0.1) is 0 Å². The fourth-order valence-corrected chi connectivity index (χ4v) is 1.76. The van der Waals surface area contributed by atoms with Crippen LogP contribution in [0.1, 0.15) is 26.3 Å². The number of alkyl halides is 3. The average molecular weight is 303 g/mol. The van der Waals surface area contributed by atoms with Gasteiger partial charge < -0.3 is 0 Å². The monoisotopic (exact) mass is 303 g/mol. The third kappa shape index (κ3) is 5.28. The molecule has 1 atom stereocenters. The molecule has 20 heavy (non-hydrogen) atoms. The summed E-state index contributed by atoms with van der Waals surface area (Å²) in [6.07, 6.45) is -2.49. The van der Waals surface area contributed by atoms with Crippen LogP contribution in [0.2, 0.25) is 0 Å². The Kier molecular flexibility index (Phi) is 5.28. The molecule has 6 heteroatoms. The van der Waals surface area contributed by atoms with Crippen molar-refractivity contribution in [1.82, 2.24) is 0 Å². The molecule has 0 aliphatic carbocycles. The van der Waals surface area contributed by atoms with Crippen molar-refractivity contribution in [2.75, 3.05) is 0 Å². The second-order valence-corrected chi connectivity index (χ2v) is 6.99. The molecule has 0 bridgehead atoms. The first kappa shape index (κ1) is 16.6. The Bertz CT molecular complexity index is 528. The zero-order valence-corrected chi connectivity index (χ0v) is 12.3. The first-order valence-electron chi connectivity index (χ1n) is 5.92. The van der Waals surface area contributed by atoms with E-state index in [-0.39, 0.29) is 0 Å². The maximum atomic E-state index is 12.9. The van der Waals surface area contributed by atoms with E-state index >= 15 is 0 Å². The molecular formula is C14H16F3NOS. The van der Waals surface area contributed by atoms with E-state index in [9.17, 15) is 17.4 Å². The van der Waals surface area contributed by atoms with Gasteiger partial charge in [-0.2, -0.15) is 17.6 Å². The molecular weight excluding hydrogens is 287 g/mol. The fraction of sp³-hybridized carbons (Fsp3) is 0.357. The van der Waals surface area contributed by atoms with Crippen LogP contribution in [0.4, 0.5) is 13.2 Å². The molecule has 0 aromatic heterocycles. The predicted octanol–water partition coefficient (Wildman–Crippen LogP) is 4.17. The summed E-state index contributed by atoms with van der Waals surface area (Å²) in [6, 6.07) is 8.55. The van der Waals surface area contributed by atoms with Crippen molar-refractivity contribution >= 4 is 22.8 Å². The molecule has 0 fully saturated rings. The smallest absolute Gasteiger partial charge is 0.234 e. The summed E-state index contributed by atoms with van der Waals surface area (Å²) < 4.78 is 52.8. The molecule has 110 valence electrons. The molecule has 0 aliphatic rings. The van der Waals surface area contributed by atoms with E-state index in [0.29, 0.717) is 5.56 Å². The van der Waals surface area contributed by atoms with E-state index in [0.717, 1.165) is 6.08 Å². The van der Waals surface area contributed by atoms with Crippen LogP contribution in [0.5, 0.6) is 0 Å². The van der Waals surface area contributed by atoms with E-state index in [4.69, 9.17) is 0 Å². The molecule has 2 nitrogen and oxygen atoms in total. The Morgan fingerprint density at radius 3 is 2.15 bits per heavy atom. The van der Waals surface area contributed by atoms with Gasteiger partial charge in [-0.3, -0.25) is 0 Å². The molecule has 0 N–H and O–H groups in total. The molecule has 0 heterocycles. The summed E-state index contributed by atoms with van der Waals surface area (Å²) in [6.45, 7) is 4.71. The SMILES string of the molecule is CC(C)(C)[S@](=O)N=C(/C=C/c1ccccc1)C(F)(F)F. The molecule has 0 spiro atoms. The summed E-state index contributed by atoms with van der Waals surface area (Å²) in [5.74, 6) is 0. The van der Waals surface area contributed by atoms with Gasteiger partial charge in [-0.1, -0.05) is 36.4 Å². The Morgan fingerprint density at radius 1 is 1.15 bits per heavy atom. The summed E-state index contributed by atoms with van der Waals surface area (Å²) in [5, 5.41) is 0. The third-order valence-corrected chi connectivity index (χ3v) is 3.64. The Morgan fingerprint density at radius 2 is 1.70 bits per heavy atom. The zero-order valence-electron chi connectivity index (χ0n) is 11.4. The molecule has 0 saturated heterocycles. The van der Waals surface area contributed by atoms with E-state index in [1.165, 1.54) is 6.08 Å². The second kappa shape index (κ2) is 6.35. The highest BCUT2D eigenvalue weighted by atomic mass is 32.2. The number of hydrogen-bond acceptors (Lipinski definition) is 1. The van der Waals surface area contributed by atoms with E-state index < -0.39 is 27.6 Å². The first-order chi connectivity index (χ1) is 9.10. The second-order valence-electron chi connectivity index (χ2n) is 5.08. The molecule has 0 amide bonds. The topological polar surface area (TPSA) is 29.4 Å². The summed E-state index contributed by atoms with van der Waals surface area (Å²) in [5.41, 5.74) is -0.527. The summed E-state index contributed by atoms with van der Waals surface area (Å²) in [4.78, 5) is 0. The van der Waals surface area contributed by atoms with Crippen LogP contribution in [0.25, 0.3) is 6.08 Å². The van der Waals surface area contributed by atoms with Crippen molar-refractivity contribution in [1.29, 1.82) is 0 Å².